The minimum atomic E-state index is 0.852. The molecular weight excluding hydrogens is 305 g/mol. The van der Waals surface area contributed by atoms with Gasteiger partial charge >= 0.3 is 0 Å². The minimum absolute atomic E-state index is 0.852. The van der Waals surface area contributed by atoms with E-state index in [0.29, 0.717) is 0 Å². The van der Waals surface area contributed by atoms with Gasteiger partial charge in [0.05, 0.1) is 3.57 Å². The largest absolute Gasteiger partial charge is 0.385 e. The van der Waals surface area contributed by atoms with Gasteiger partial charge in [-0.1, -0.05) is 0 Å². The van der Waals surface area contributed by atoms with Gasteiger partial charge in [0.15, 0.2) is 0 Å². The maximum absolute atomic E-state index is 4.98. The Morgan fingerprint density at radius 1 is 1.40 bits per heavy atom. The molecule has 1 heterocycles. The zero-order valence-electron chi connectivity index (χ0n) is 8.87. The molecule has 0 spiro atoms. The van der Waals surface area contributed by atoms with E-state index in [2.05, 4.69) is 37.9 Å². The second kappa shape index (κ2) is 7.81. The summed E-state index contributed by atoms with van der Waals surface area (Å²) in [7, 11) is 1.74. The van der Waals surface area contributed by atoms with E-state index in [1.807, 2.05) is 0 Å². The van der Waals surface area contributed by atoms with Gasteiger partial charge in [0.25, 0.3) is 0 Å². The first-order chi connectivity index (χ1) is 7.34. The number of hydrogen-bond acceptors (Lipinski definition) is 4. The number of anilines is 1. The summed E-state index contributed by atoms with van der Waals surface area (Å²) in [5, 5.41) is 3.29. The van der Waals surface area contributed by atoms with Crippen molar-refractivity contribution in [3.05, 3.63) is 16.1 Å². The van der Waals surface area contributed by atoms with Crippen LogP contribution in [-0.4, -0.2) is 30.2 Å². The molecule has 0 amide bonds. The van der Waals surface area contributed by atoms with Gasteiger partial charge in [-0.05, 0) is 41.9 Å². The topological polar surface area (TPSA) is 47.0 Å². The lowest BCUT2D eigenvalue weighted by Gasteiger charge is -2.06. The molecule has 0 aromatic carbocycles. The van der Waals surface area contributed by atoms with E-state index < -0.39 is 0 Å². The zero-order chi connectivity index (χ0) is 10.9. The average molecular weight is 321 g/mol. The fourth-order valence-electron chi connectivity index (χ4n) is 1.20. The van der Waals surface area contributed by atoms with E-state index >= 15 is 0 Å². The molecule has 15 heavy (non-hydrogen) atoms. The SMILES string of the molecule is COCCCCCNc1ncncc1I. The van der Waals surface area contributed by atoms with E-state index in [1.165, 1.54) is 6.42 Å². The fourth-order valence-corrected chi connectivity index (χ4v) is 1.69. The molecular formula is C10H16IN3O. The molecule has 0 unspecified atom stereocenters. The van der Waals surface area contributed by atoms with Crippen molar-refractivity contribution in [1.82, 2.24) is 9.97 Å². The van der Waals surface area contributed by atoms with Gasteiger partial charge in [-0.2, -0.15) is 0 Å². The van der Waals surface area contributed by atoms with Crippen molar-refractivity contribution in [1.29, 1.82) is 0 Å². The van der Waals surface area contributed by atoms with Crippen molar-refractivity contribution in [3.8, 4) is 0 Å². The Labute approximate surface area is 104 Å². The molecule has 1 rings (SSSR count). The Kier molecular flexibility index (Phi) is 6.58. The Morgan fingerprint density at radius 3 is 3.00 bits per heavy atom. The number of halogens is 1. The molecule has 84 valence electrons. The first kappa shape index (κ1) is 12.6. The quantitative estimate of drug-likeness (QED) is 0.618. The highest BCUT2D eigenvalue weighted by Crippen LogP contribution is 2.12. The van der Waals surface area contributed by atoms with E-state index in [4.69, 9.17) is 4.74 Å². The third-order valence-electron chi connectivity index (χ3n) is 1.99. The summed E-state index contributed by atoms with van der Waals surface area (Å²) in [6.45, 7) is 1.81. The molecule has 0 atom stereocenters. The van der Waals surface area contributed by atoms with Crippen molar-refractivity contribution >= 4 is 28.4 Å². The van der Waals surface area contributed by atoms with Crippen LogP contribution in [-0.2, 0) is 4.74 Å². The molecule has 0 saturated heterocycles. The number of ether oxygens (including phenoxy) is 1. The van der Waals surface area contributed by atoms with Crippen LogP contribution in [0.15, 0.2) is 12.5 Å². The molecule has 0 radical (unpaired) electrons. The smallest absolute Gasteiger partial charge is 0.142 e. The monoisotopic (exact) mass is 321 g/mol. The van der Waals surface area contributed by atoms with E-state index in [0.717, 1.165) is 35.4 Å². The molecule has 4 nitrogen and oxygen atoms in total. The predicted molar refractivity (Wildman–Crippen MR) is 69.0 cm³/mol. The molecule has 0 bridgehead atoms. The molecule has 1 N–H and O–H groups in total. The van der Waals surface area contributed by atoms with Gasteiger partial charge in [-0.3, -0.25) is 0 Å². The zero-order valence-corrected chi connectivity index (χ0v) is 11.0. The minimum Gasteiger partial charge on any atom is -0.385 e. The van der Waals surface area contributed by atoms with Crippen molar-refractivity contribution in [2.24, 2.45) is 0 Å². The third kappa shape index (κ3) is 5.27. The molecule has 0 saturated carbocycles. The lowest BCUT2D eigenvalue weighted by molar-refractivity contribution is 0.192. The van der Waals surface area contributed by atoms with E-state index in [9.17, 15) is 0 Å². The van der Waals surface area contributed by atoms with E-state index in [1.54, 1.807) is 19.6 Å². The van der Waals surface area contributed by atoms with Crippen LogP contribution < -0.4 is 5.32 Å². The van der Waals surface area contributed by atoms with Crippen LogP contribution in [0.5, 0.6) is 0 Å². The molecule has 0 aliphatic carbocycles. The number of nitrogens with zero attached hydrogens (tertiary/aromatic N) is 2. The van der Waals surface area contributed by atoms with Crippen molar-refractivity contribution < 1.29 is 4.74 Å². The van der Waals surface area contributed by atoms with Crippen LogP contribution in [0, 0.1) is 3.57 Å². The van der Waals surface area contributed by atoms with Gasteiger partial charge in [-0.25, -0.2) is 9.97 Å². The maximum atomic E-state index is 4.98. The first-order valence-electron chi connectivity index (χ1n) is 5.03. The highest BCUT2D eigenvalue weighted by atomic mass is 127. The predicted octanol–water partition coefficient (Wildman–Crippen LogP) is 2.31. The summed E-state index contributed by atoms with van der Waals surface area (Å²) in [4.78, 5) is 8.10. The van der Waals surface area contributed by atoms with Crippen molar-refractivity contribution in [3.63, 3.8) is 0 Å². The van der Waals surface area contributed by atoms with Crippen LogP contribution >= 0.6 is 22.6 Å². The van der Waals surface area contributed by atoms with Gasteiger partial charge in [0.1, 0.15) is 12.1 Å². The Balaban J connectivity index is 2.12. The first-order valence-corrected chi connectivity index (χ1v) is 6.11. The van der Waals surface area contributed by atoms with Crippen molar-refractivity contribution in [2.45, 2.75) is 19.3 Å². The van der Waals surface area contributed by atoms with Gasteiger partial charge < -0.3 is 10.1 Å². The van der Waals surface area contributed by atoms with Crippen molar-refractivity contribution in [2.75, 3.05) is 25.6 Å². The number of hydrogen-bond donors (Lipinski definition) is 1. The third-order valence-corrected chi connectivity index (χ3v) is 2.77. The maximum Gasteiger partial charge on any atom is 0.142 e. The molecule has 0 aliphatic heterocycles. The summed E-state index contributed by atoms with van der Waals surface area (Å²) in [6.07, 6.45) is 6.82. The molecule has 1 aromatic rings. The molecule has 0 fully saturated rings. The van der Waals surface area contributed by atoms with Gasteiger partial charge in [0.2, 0.25) is 0 Å². The second-order valence-electron chi connectivity index (χ2n) is 3.20. The number of rotatable bonds is 7. The normalized spacial score (nSPS) is 10.3. The summed E-state index contributed by atoms with van der Waals surface area (Å²) < 4.78 is 6.05. The molecule has 5 heteroatoms. The molecule has 1 aromatic heterocycles. The number of nitrogens with one attached hydrogen (secondary N) is 1. The Bertz CT molecular complexity index is 283. The second-order valence-corrected chi connectivity index (χ2v) is 4.36. The van der Waals surface area contributed by atoms with Crippen LogP contribution in [0.1, 0.15) is 19.3 Å². The highest BCUT2D eigenvalue weighted by Gasteiger charge is 1.98. The Morgan fingerprint density at radius 2 is 2.27 bits per heavy atom. The highest BCUT2D eigenvalue weighted by molar-refractivity contribution is 14.1. The van der Waals surface area contributed by atoms with E-state index in [-0.39, 0.29) is 0 Å². The summed E-state index contributed by atoms with van der Waals surface area (Å²) in [5.74, 6) is 0.928. The van der Waals surface area contributed by atoms with Crippen LogP contribution in [0.3, 0.4) is 0 Å². The fraction of sp³-hybridized carbons (Fsp3) is 0.600. The van der Waals surface area contributed by atoms with Crippen LogP contribution in [0.4, 0.5) is 5.82 Å². The molecule has 0 aliphatic rings. The standard InChI is InChI=1S/C10H16IN3O/c1-15-6-4-2-3-5-13-10-9(11)7-12-8-14-10/h7-8H,2-6H2,1H3,(H,12,13,14). The summed E-state index contributed by atoms with van der Waals surface area (Å²) in [5.41, 5.74) is 0. The van der Waals surface area contributed by atoms with Gasteiger partial charge in [0, 0.05) is 26.5 Å². The Hall–Kier alpha value is -0.430. The lowest BCUT2D eigenvalue weighted by atomic mass is 10.2. The van der Waals surface area contributed by atoms with Crippen LogP contribution in [0.25, 0.3) is 0 Å². The average Bonchev–Trinajstić information content (AvgIpc) is 2.25. The summed E-state index contributed by atoms with van der Waals surface area (Å²) >= 11 is 2.23. The lowest BCUT2D eigenvalue weighted by Crippen LogP contribution is -2.05. The van der Waals surface area contributed by atoms with Gasteiger partial charge in [-0.15, -0.1) is 0 Å². The number of unbranched alkanes of at least 4 members (excludes halogenated alkanes) is 2. The van der Waals surface area contributed by atoms with Crippen LogP contribution in [0.2, 0.25) is 0 Å². The summed E-state index contributed by atoms with van der Waals surface area (Å²) in [6, 6.07) is 0. The number of aromatic nitrogens is 2. The number of methoxy groups -OCH3 is 1.